The maximum Gasteiger partial charge on any atom is 0.309 e. The van der Waals surface area contributed by atoms with E-state index in [1.54, 1.807) is 13.8 Å². The van der Waals surface area contributed by atoms with Gasteiger partial charge in [-0.2, -0.15) is 0 Å². The minimum Gasteiger partial charge on any atom is -0.493 e. The van der Waals surface area contributed by atoms with Crippen LogP contribution >= 0.6 is 11.6 Å². The molecule has 0 bridgehead atoms. The van der Waals surface area contributed by atoms with Crippen molar-refractivity contribution in [2.24, 2.45) is 11.1 Å². The van der Waals surface area contributed by atoms with E-state index in [0.29, 0.717) is 0 Å². The number of amides is 2. The second-order valence-electron chi connectivity index (χ2n) is 5.94. The normalized spacial score (nSPS) is 10.9. The third-order valence-corrected chi connectivity index (χ3v) is 3.75. The molecule has 1 rings (SSSR count). The SMILES string of the molecule is COc1cc(C(=O)NCCC(C)(C)C(=O)O)cc(Cl)c1OCC(N)=O. The zero-order valence-electron chi connectivity index (χ0n) is 14.2. The fourth-order valence-electron chi connectivity index (χ4n) is 1.83. The van der Waals surface area contributed by atoms with Gasteiger partial charge in [0.1, 0.15) is 0 Å². The molecule has 0 fully saturated rings. The van der Waals surface area contributed by atoms with E-state index in [1.165, 1.54) is 19.2 Å². The number of nitrogens with two attached hydrogens (primary N) is 1. The highest BCUT2D eigenvalue weighted by molar-refractivity contribution is 6.32. The molecule has 0 aliphatic carbocycles. The molecule has 8 nitrogen and oxygen atoms in total. The number of carboxylic acids is 1. The van der Waals surface area contributed by atoms with Crippen molar-refractivity contribution in [3.05, 3.63) is 22.7 Å². The number of benzene rings is 1. The number of nitrogens with one attached hydrogen (secondary N) is 1. The molecule has 9 heteroatoms. The topological polar surface area (TPSA) is 128 Å². The van der Waals surface area contributed by atoms with E-state index in [0.717, 1.165) is 0 Å². The molecule has 1 aromatic rings. The molecule has 0 spiro atoms. The van der Waals surface area contributed by atoms with Crippen molar-refractivity contribution in [2.45, 2.75) is 20.3 Å². The van der Waals surface area contributed by atoms with E-state index in [2.05, 4.69) is 5.32 Å². The van der Waals surface area contributed by atoms with Crippen molar-refractivity contribution in [3.63, 3.8) is 0 Å². The number of hydrogen-bond acceptors (Lipinski definition) is 5. The van der Waals surface area contributed by atoms with Crippen LogP contribution in [-0.2, 0) is 9.59 Å². The first-order chi connectivity index (χ1) is 11.6. The molecule has 2 amide bonds. The van der Waals surface area contributed by atoms with Gasteiger partial charge in [-0.3, -0.25) is 14.4 Å². The van der Waals surface area contributed by atoms with E-state index in [-0.39, 0.29) is 41.7 Å². The van der Waals surface area contributed by atoms with Gasteiger partial charge in [0.15, 0.2) is 18.1 Å². The second kappa shape index (κ2) is 8.57. The third kappa shape index (κ3) is 5.82. The number of hydrogen-bond donors (Lipinski definition) is 3. The van der Waals surface area contributed by atoms with Gasteiger partial charge in [0, 0.05) is 12.1 Å². The predicted octanol–water partition coefficient (Wildman–Crippen LogP) is 1.44. The van der Waals surface area contributed by atoms with Gasteiger partial charge in [0.2, 0.25) is 0 Å². The number of rotatable bonds is 9. The number of ether oxygens (including phenoxy) is 2. The van der Waals surface area contributed by atoms with Crippen molar-refractivity contribution >= 4 is 29.4 Å². The van der Waals surface area contributed by atoms with Crippen molar-refractivity contribution in [2.75, 3.05) is 20.3 Å². The molecule has 4 N–H and O–H groups in total. The Morgan fingerprint density at radius 3 is 2.48 bits per heavy atom. The fraction of sp³-hybridized carbons (Fsp3) is 0.438. The Balaban J connectivity index is 2.84. The molecule has 0 aromatic heterocycles. The number of carbonyl (C=O) groups excluding carboxylic acids is 2. The molecular formula is C16H21ClN2O6. The van der Waals surface area contributed by atoms with Gasteiger partial charge in [0.25, 0.3) is 11.8 Å². The molecule has 0 aliphatic rings. The number of halogens is 1. The summed E-state index contributed by atoms with van der Waals surface area (Å²) in [4.78, 5) is 34.1. The molecule has 0 aliphatic heterocycles. The van der Waals surface area contributed by atoms with E-state index >= 15 is 0 Å². The minimum absolute atomic E-state index is 0.0802. The summed E-state index contributed by atoms with van der Waals surface area (Å²) in [6, 6.07) is 2.76. The second-order valence-corrected chi connectivity index (χ2v) is 6.35. The lowest BCUT2D eigenvalue weighted by atomic mass is 9.90. The van der Waals surface area contributed by atoms with Crippen LogP contribution in [0.3, 0.4) is 0 Å². The third-order valence-electron chi connectivity index (χ3n) is 3.46. The Labute approximate surface area is 150 Å². The molecule has 0 saturated heterocycles. The van der Waals surface area contributed by atoms with Crippen LogP contribution < -0.4 is 20.5 Å². The molecule has 138 valence electrons. The van der Waals surface area contributed by atoms with Crippen LogP contribution in [-0.4, -0.2) is 43.2 Å². The first-order valence-corrected chi connectivity index (χ1v) is 7.76. The molecule has 0 heterocycles. The van der Waals surface area contributed by atoms with Gasteiger partial charge in [-0.15, -0.1) is 0 Å². The van der Waals surface area contributed by atoms with Gasteiger partial charge >= 0.3 is 5.97 Å². The Morgan fingerprint density at radius 2 is 1.96 bits per heavy atom. The maximum absolute atomic E-state index is 12.2. The van der Waals surface area contributed by atoms with Crippen LogP contribution in [0, 0.1) is 5.41 Å². The summed E-state index contributed by atoms with van der Waals surface area (Å²) in [5.74, 6) is -1.79. The average Bonchev–Trinajstić information content (AvgIpc) is 2.52. The van der Waals surface area contributed by atoms with Crippen LogP contribution in [0.25, 0.3) is 0 Å². The van der Waals surface area contributed by atoms with Gasteiger partial charge in [-0.05, 0) is 32.4 Å². The molecule has 0 atom stereocenters. The monoisotopic (exact) mass is 372 g/mol. The summed E-state index contributed by atoms with van der Waals surface area (Å²) in [6.45, 7) is 2.95. The largest absolute Gasteiger partial charge is 0.493 e. The number of carboxylic acid groups (broad SMARTS) is 1. The highest BCUT2D eigenvalue weighted by Gasteiger charge is 2.26. The highest BCUT2D eigenvalue weighted by Crippen LogP contribution is 2.36. The summed E-state index contributed by atoms with van der Waals surface area (Å²) in [5, 5.41) is 11.8. The summed E-state index contributed by atoms with van der Waals surface area (Å²) in [5.41, 5.74) is 4.28. The summed E-state index contributed by atoms with van der Waals surface area (Å²) in [6.07, 6.45) is 0.263. The van der Waals surface area contributed by atoms with E-state index in [9.17, 15) is 14.4 Å². The minimum atomic E-state index is -0.949. The van der Waals surface area contributed by atoms with Gasteiger partial charge in [0.05, 0.1) is 17.5 Å². The van der Waals surface area contributed by atoms with Gasteiger partial charge < -0.3 is 25.6 Å². The molecule has 0 unspecified atom stereocenters. The summed E-state index contributed by atoms with van der Waals surface area (Å²) in [7, 11) is 1.36. The quantitative estimate of drug-likeness (QED) is 0.601. The lowest BCUT2D eigenvalue weighted by molar-refractivity contribution is -0.147. The van der Waals surface area contributed by atoms with Crippen LogP contribution in [0.15, 0.2) is 12.1 Å². The van der Waals surface area contributed by atoms with Crippen molar-refractivity contribution in [1.82, 2.24) is 5.32 Å². The molecule has 0 radical (unpaired) electrons. The van der Waals surface area contributed by atoms with Crippen molar-refractivity contribution < 1.29 is 29.0 Å². The molecular weight excluding hydrogens is 352 g/mol. The Bertz CT molecular complexity index is 675. The average molecular weight is 373 g/mol. The Hall–Kier alpha value is -2.48. The highest BCUT2D eigenvalue weighted by atomic mass is 35.5. The van der Waals surface area contributed by atoms with E-state index < -0.39 is 23.2 Å². The fourth-order valence-corrected chi connectivity index (χ4v) is 2.10. The van der Waals surface area contributed by atoms with Gasteiger partial charge in [-0.25, -0.2) is 0 Å². The Morgan fingerprint density at radius 1 is 1.32 bits per heavy atom. The number of aliphatic carboxylic acids is 1. The number of methoxy groups -OCH3 is 1. The first-order valence-electron chi connectivity index (χ1n) is 7.38. The summed E-state index contributed by atoms with van der Waals surface area (Å²) < 4.78 is 10.3. The zero-order valence-corrected chi connectivity index (χ0v) is 15.0. The van der Waals surface area contributed by atoms with E-state index in [4.69, 9.17) is 31.9 Å². The number of carbonyl (C=O) groups is 3. The summed E-state index contributed by atoms with van der Waals surface area (Å²) >= 11 is 6.07. The van der Waals surface area contributed by atoms with Crippen molar-refractivity contribution in [3.8, 4) is 11.5 Å². The number of primary amides is 1. The van der Waals surface area contributed by atoms with Crippen LogP contribution in [0.5, 0.6) is 11.5 Å². The van der Waals surface area contributed by atoms with Crippen LogP contribution in [0.2, 0.25) is 5.02 Å². The first kappa shape index (κ1) is 20.6. The maximum atomic E-state index is 12.2. The standard InChI is InChI=1S/C16H21ClN2O6/c1-16(2,15(22)23)4-5-19-14(21)9-6-10(17)13(11(7-9)24-3)25-8-12(18)20/h6-7H,4-5,8H2,1-3H3,(H2,18,20)(H,19,21)(H,22,23). The lowest BCUT2D eigenvalue weighted by Gasteiger charge is -2.19. The van der Waals surface area contributed by atoms with Gasteiger partial charge in [-0.1, -0.05) is 11.6 Å². The van der Waals surface area contributed by atoms with Crippen LogP contribution in [0.4, 0.5) is 0 Å². The predicted molar refractivity (Wildman–Crippen MR) is 91.1 cm³/mol. The van der Waals surface area contributed by atoms with Crippen LogP contribution in [0.1, 0.15) is 30.6 Å². The Kier molecular flexibility index (Phi) is 7.05. The molecule has 0 saturated carbocycles. The van der Waals surface area contributed by atoms with E-state index in [1.807, 2.05) is 0 Å². The molecule has 25 heavy (non-hydrogen) atoms. The lowest BCUT2D eigenvalue weighted by Crippen LogP contribution is -2.32. The smallest absolute Gasteiger partial charge is 0.309 e. The zero-order chi connectivity index (χ0) is 19.2. The van der Waals surface area contributed by atoms with Crippen molar-refractivity contribution in [1.29, 1.82) is 0 Å². The molecule has 1 aromatic carbocycles.